The van der Waals surface area contributed by atoms with E-state index in [0.29, 0.717) is 12.8 Å². The van der Waals surface area contributed by atoms with E-state index in [1.807, 2.05) is 109 Å². The smallest absolute Gasteiger partial charge is 0.872 e. The number of rotatable bonds is 3. The van der Waals surface area contributed by atoms with Crippen LogP contribution in [0.15, 0.2) is 115 Å². The molecule has 3 aromatic rings. The first-order valence-electron chi connectivity index (χ1n) is 12.1. The Balaban J connectivity index is 0.000000221. The summed E-state index contributed by atoms with van der Waals surface area (Å²) in [4.78, 5) is 0. The van der Waals surface area contributed by atoms with Crippen molar-refractivity contribution in [2.75, 3.05) is 0 Å². The van der Waals surface area contributed by atoms with Gasteiger partial charge in [0.15, 0.2) is 5.60 Å². The molecule has 2 aliphatic rings. The summed E-state index contributed by atoms with van der Waals surface area (Å²) >= 11 is 0. The minimum absolute atomic E-state index is 0. The molecule has 0 radical (unpaired) electrons. The van der Waals surface area contributed by atoms with E-state index in [2.05, 4.69) is 11.8 Å². The SMILES string of the molecule is OC1(C#CC(O)(c2ccccc2)c2ccc[cH-]2)CCCCC1.[Fe+2].[O-]C(=C1C=CC=C1)c1ccccc1. The number of benzene rings is 2. The van der Waals surface area contributed by atoms with Crippen LogP contribution in [0.2, 0.25) is 0 Å². The van der Waals surface area contributed by atoms with Gasteiger partial charge < -0.3 is 15.3 Å². The maximum Gasteiger partial charge on any atom is 2.00 e. The second kappa shape index (κ2) is 12.7. The first-order valence-corrected chi connectivity index (χ1v) is 12.1. The normalized spacial score (nSPS) is 17.0. The summed E-state index contributed by atoms with van der Waals surface area (Å²) in [6.45, 7) is 0. The van der Waals surface area contributed by atoms with Gasteiger partial charge in [0.1, 0.15) is 5.60 Å². The molecule has 0 bridgehead atoms. The van der Waals surface area contributed by atoms with Crippen LogP contribution in [0.4, 0.5) is 0 Å². The van der Waals surface area contributed by atoms with Crippen LogP contribution < -0.4 is 5.11 Å². The first-order chi connectivity index (χ1) is 17.0. The van der Waals surface area contributed by atoms with Crippen molar-refractivity contribution < 1.29 is 32.4 Å². The van der Waals surface area contributed by atoms with E-state index < -0.39 is 11.2 Å². The molecule has 0 aliphatic heterocycles. The van der Waals surface area contributed by atoms with Crippen LogP contribution in [-0.4, -0.2) is 15.8 Å². The Hall–Kier alpha value is -3.19. The summed E-state index contributed by atoms with van der Waals surface area (Å²) in [6.07, 6.45) is 11.9. The molecule has 0 saturated heterocycles. The van der Waals surface area contributed by atoms with Crippen molar-refractivity contribution in [1.29, 1.82) is 0 Å². The average Bonchev–Trinajstić information content (AvgIpc) is 3.64. The molecule has 2 aliphatic carbocycles. The Bertz CT molecular complexity index is 1220. The topological polar surface area (TPSA) is 63.5 Å². The number of hydrogen-bond acceptors (Lipinski definition) is 3. The van der Waals surface area contributed by atoms with Gasteiger partial charge in [-0.2, -0.15) is 12.1 Å². The molecule has 5 rings (SSSR count). The van der Waals surface area contributed by atoms with Gasteiger partial charge in [-0.1, -0.05) is 109 Å². The molecule has 184 valence electrons. The Morgan fingerprint density at radius 1 is 0.861 bits per heavy atom. The monoisotopic (exact) mass is 518 g/mol. The standard InChI is InChI=1S/C20H21O2.C12H10O.Fe/c21-19(13-7-2-8-14-19)15-16-20(22,18-11-5-6-12-18)17-9-3-1-4-10-17;13-12(11-8-4-5-9-11)10-6-2-1-3-7-10;/h1,3-6,9-12,21-22H,2,7-8,13-14H2;1-9,13H;/q-1;;+2/p-1. The third-order valence-electron chi connectivity index (χ3n) is 6.39. The largest absolute Gasteiger partial charge is 2.00 e. The van der Waals surface area contributed by atoms with Crippen molar-refractivity contribution >= 4 is 5.76 Å². The summed E-state index contributed by atoms with van der Waals surface area (Å²) in [7, 11) is 0. The summed E-state index contributed by atoms with van der Waals surface area (Å²) < 4.78 is 0. The molecule has 36 heavy (non-hydrogen) atoms. The van der Waals surface area contributed by atoms with Gasteiger partial charge in [0.2, 0.25) is 0 Å². The van der Waals surface area contributed by atoms with Crippen molar-refractivity contribution in [3.63, 3.8) is 0 Å². The van der Waals surface area contributed by atoms with E-state index in [1.165, 1.54) is 0 Å². The molecular formula is C32H30FeO3. The summed E-state index contributed by atoms with van der Waals surface area (Å²) in [6, 6.07) is 26.2. The van der Waals surface area contributed by atoms with Crippen LogP contribution in [0, 0.1) is 11.8 Å². The van der Waals surface area contributed by atoms with Crippen molar-refractivity contribution in [3.05, 3.63) is 131 Å². The molecule has 1 atom stereocenters. The molecule has 2 N–H and O–H groups in total. The molecule has 1 unspecified atom stereocenters. The maximum atomic E-state index is 11.7. The van der Waals surface area contributed by atoms with E-state index in [9.17, 15) is 15.3 Å². The second-order valence-electron chi connectivity index (χ2n) is 8.96. The molecule has 3 nitrogen and oxygen atoms in total. The van der Waals surface area contributed by atoms with Crippen LogP contribution in [0.1, 0.15) is 48.8 Å². The van der Waals surface area contributed by atoms with Crippen LogP contribution in [0.5, 0.6) is 0 Å². The third-order valence-corrected chi connectivity index (χ3v) is 6.39. The van der Waals surface area contributed by atoms with Gasteiger partial charge in [-0.05, 0) is 42.4 Å². The zero-order valence-corrected chi connectivity index (χ0v) is 21.2. The van der Waals surface area contributed by atoms with Gasteiger partial charge in [0.25, 0.3) is 0 Å². The summed E-state index contributed by atoms with van der Waals surface area (Å²) in [5.41, 5.74) is 0.629. The van der Waals surface area contributed by atoms with E-state index in [4.69, 9.17) is 0 Å². The molecule has 3 aromatic carbocycles. The molecule has 4 heteroatoms. The fourth-order valence-corrected chi connectivity index (χ4v) is 4.36. The third kappa shape index (κ3) is 6.72. The molecular weight excluding hydrogens is 488 g/mol. The molecule has 1 fully saturated rings. The fourth-order valence-electron chi connectivity index (χ4n) is 4.36. The molecule has 0 aromatic heterocycles. The Kier molecular flexibility index (Phi) is 9.65. The zero-order chi connectivity index (χ0) is 24.6. The Labute approximate surface area is 224 Å². The summed E-state index contributed by atoms with van der Waals surface area (Å²) in [5.74, 6) is 6.05. The predicted molar refractivity (Wildman–Crippen MR) is 139 cm³/mol. The van der Waals surface area contributed by atoms with Crippen molar-refractivity contribution in [2.24, 2.45) is 0 Å². The minimum atomic E-state index is -1.38. The van der Waals surface area contributed by atoms with E-state index >= 15 is 0 Å². The predicted octanol–water partition coefficient (Wildman–Crippen LogP) is 5.22. The van der Waals surface area contributed by atoms with Gasteiger partial charge in [-0.25, -0.2) is 12.1 Å². The van der Waals surface area contributed by atoms with E-state index in [1.54, 1.807) is 0 Å². The van der Waals surface area contributed by atoms with E-state index in [-0.39, 0.29) is 22.8 Å². The Morgan fingerprint density at radius 2 is 1.47 bits per heavy atom. The fraction of sp³-hybridized carbons (Fsp3) is 0.219. The molecule has 0 amide bonds. The van der Waals surface area contributed by atoms with Crippen LogP contribution in [-0.2, 0) is 22.7 Å². The van der Waals surface area contributed by atoms with Crippen LogP contribution >= 0.6 is 0 Å². The quantitative estimate of drug-likeness (QED) is 0.216. The maximum absolute atomic E-state index is 11.7. The van der Waals surface area contributed by atoms with Gasteiger partial charge in [-0.3, -0.25) is 0 Å². The van der Waals surface area contributed by atoms with E-state index in [0.717, 1.165) is 41.5 Å². The van der Waals surface area contributed by atoms with Gasteiger partial charge >= 0.3 is 17.1 Å². The number of allylic oxidation sites excluding steroid dienone is 5. The van der Waals surface area contributed by atoms with Crippen molar-refractivity contribution in [3.8, 4) is 11.8 Å². The second-order valence-corrected chi connectivity index (χ2v) is 8.96. The number of hydrogen-bond donors (Lipinski definition) is 2. The average molecular weight is 518 g/mol. The number of aliphatic hydroxyl groups is 2. The minimum Gasteiger partial charge on any atom is -0.872 e. The van der Waals surface area contributed by atoms with Crippen LogP contribution in [0.25, 0.3) is 5.76 Å². The van der Waals surface area contributed by atoms with Gasteiger partial charge in [-0.15, -0.1) is 5.56 Å². The zero-order valence-electron chi connectivity index (χ0n) is 20.1. The Morgan fingerprint density at radius 3 is 2.06 bits per heavy atom. The molecule has 0 heterocycles. The van der Waals surface area contributed by atoms with Gasteiger partial charge in [0, 0.05) is 0 Å². The molecule has 0 spiro atoms. The van der Waals surface area contributed by atoms with Gasteiger partial charge in [0.05, 0.1) is 0 Å². The van der Waals surface area contributed by atoms with Crippen molar-refractivity contribution in [2.45, 2.75) is 43.3 Å². The molecule has 1 saturated carbocycles. The van der Waals surface area contributed by atoms with Crippen LogP contribution in [0.3, 0.4) is 0 Å². The van der Waals surface area contributed by atoms with Crippen molar-refractivity contribution in [1.82, 2.24) is 0 Å². The first kappa shape index (κ1) is 27.4. The summed E-state index contributed by atoms with van der Waals surface area (Å²) in [5, 5.41) is 33.5.